The summed E-state index contributed by atoms with van der Waals surface area (Å²) in [6, 6.07) is 11.8. The second kappa shape index (κ2) is 8.32. The van der Waals surface area contributed by atoms with Gasteiger partial charge >= 0.3 is 0 Å². The molecule has 0 aliphatic rings. The molecule has 0 unspecified atom stereocenters. The second-order valence-electron chi connectivity index (χ2n) is 6.32. The zero-order valence-electron chi connectivity index (χ0n) is 15.3. The molecule has 27 heavy (non-hydrogen) atoms. The first-order chi connectivity index (χ1) is 12.6. The summed E-state index contributed by atoms with van der Waals surface area (Å²) in [4.78, 5) is 23.6. The zero-order chi connectivity index (χ0) is 20.2. The van der Waals surface area contributed by atoms with E-state index in [1.54, 1.807) is 12.1 Å². The molecule has 0 aliphatic heterocycles. The number of carboxylic acids is 1. The fourth-order valence-corrected chi connectivity index (χ4v) is 3.35. The van der Waals surface area contributed by atoms with Gasteiger partial charge in [0.15, 0.2) is 0 Å². The van der Waals surface area contributed by atoms with Gasteiger partial charge in [0.2, 0.25) is 10.0 Å². The Morgan fingerprint density at radius 3 is 2.07 bits per heavy atom. The van der Waals surface area contributed by atoms with Crippen LogP contribution in [0.2, 0.25) is 0 Å². The Hall–Kier alpha value is -2.71. The highest BCUT2D eigenvalue weighted by Gasteiger charge is 2.19. The maximum absolute atomic E-state index is 12.5. The van der Waals surface area contributed by atoms with Crippen molar-refractivity contribution in [2.75, 3.05) is 14.1 Å². The van der Waals surface area contributed by atoms with Crippen LogP contribution in [0.4, 0.5) is 0 Å². The number of carbonyl (C=O) groups excluding carboxylic acids is 2. The van der Waals surface area contributed by atoms with Gasteiger partial charge in [-0.15, -0.1) is 0 Å². The highest BCUT2D eigenvalue weighted by molar-refractivity contribution is 7.89. The Bertz CT molecular complexity index is 920. The van der Waals surface area contributed by atoms with Crippen molar-refractivity contribution in [3.63, 3.8) is 0 Å². The number of nitrogens with zero attached hydrogens (tertiary/aromatic N) is 1. The van der Waals surface area contributed by atoms with E-state index in [2.05, 4.69) is 5.32 Å². The van der Waals surface area contributed by atoms with E-state index in [1.165, 1.54) is 38.4 Å². The Labute approximate surface area is 158 Å². The summed E-state index contributed by atoms with van der Waals surface area (Å²) < 4.78 is 25.2. The Balaban J connectivity index is 2.22. The van der Waals surface area contributed by atoms with Gasteiger partial charge in [-0.3, -0.25) is 4.79 Å². The van der Waals surface area contributed by atoms with E-state index in [1.807, 2.05) is 19.1 Å². The molecule has 0 saturated carbocycles. The molecule has 2 rings (SSSR count). The van der Waals surface area contributed by atoms with Crippen molar-refractivity contribution in [2.24, 2.45) is 0 Å². The maximum Gasteiger partial charge on any atom is 0.251 e. The number of nitrogens with one attached hydrogen (secondary N) is 1. The minimum Gasteiger partial charge on any atom is -0.550 e. The first-order valence-corrected chi connectivity index (χ1v) is 9.65. The molecule has 7 nitrogen and oxygen atoms in total. The monoisotopic (exact) mass is 389 g/mol. The lowest BCUT2D eigenvalue weighted by Gasteiger charge is -2.20. The summed E-state index contributed by atoms with van der Waals surface area (Å²) in [5.74, 6) is -1.79. The molecule has 0 heterocycles. The molecule has 0 bridgehead atoms. The van der Waals surface area contributed by atoms with Crippen molar-refractivity contribution >= 4 is 21.9 Å². The molecule has 0 saturated heterocycles. The van der Waals surface area contributed by atoms with E-state index in [0.29, 0.717) is 5.56 Å². The number of benzene rings is 2. The Morgan fingerprint density at radius 2 is 1.59 bits per heavy atom. The molecule has 2 aromatic carbocycles. The van der Waals surface area contributed by atoms with E-state index in [0.717, 1.165) is 9.87 Å². The van der Waals surface area contributed by atoms with Crippen LogP contribution in [0.25, 0.3) is 0 Å². The summed E-state index contributed by atoms with van der Waals surface area (Å²) in [7, 11) is -0.752. The van der Waals surface area contributed by atoms with Gasteiger partial charge in [-0.1, -0.05) is 29.8 Å². The van der Waals surface area contributed by atoms with Gasteiger partial charge in [0, 0.05) is 32.0 Å². The SMILES string of the molecule is Cc1ccc([C@H](CC(=O)[O-])NC(=O)c2ccc(S(=O)(=O)N(C)C)cc2)cc1. The number of hydrogen-bond donors (Lipinski definition) is 1. The number of aliphatic carboxylic acids is 1. The van der Waals surface area contributed by atoms with Gasteiger partial charge in [-0.05, 0) is 36.8 Å². The lowest BCUT2D eigenvalue weighted by Crippen LogP contribution is -2.34. The zero-order valence-corrected chi connectivity index (χ0v) is 16.1. The average molecular weight is 389 g/mol. The summed E-state index contributed by atoms with van der Waals surface area (Å²) in [5.41, 5.74) is 1.88. The first-order valence-electron chi connectivity index (χ1n) is 8.21. The van der Waals surface area contributed by atoms with Crippen LogP contribution in [0.3, 0.4) is 0 Å². The number of aryl methyl sites for hydroxylation is 1. The first kappa shape index (κ1) is 20.6. The molecule has 0 aliphatic carbocycles. The lowest BCUT2D eigenvalue weighted by atomic mass is 10.0. The van der Waals surface area contributed by atoms with Crippen molar-refractivity contribution in [2.45, 2.75) is 24.3 Å². The summed E-state index contributed by atoms with van der Waals surface area (Å²) >= 11 is 0. The molecule has 8 heteroatoms. The lowest BCUT2D eigenvalue weighted by molar-refractivity contribution is -0.306. The van der Waals surface area contributed by atoms with Crippen LogP contribution in [-0.2, 0) is 14.8 Å². The van der Waals surface area contributed by atoms with Crippen LogP contribution in [0.5, 0.6) is 0 Å². The van der Waals surface area contributed by atoms with Crippen molar-refractivity contribution in [1.82, 2.24) is 9.62 Å². The third-order valence-corrected chi connectivity index (χ3v) is 5.88. The van der Waals surface area contributed by atoms with Crippen molar-refractivity contribution < 1.29 is 23.1 Å². The van der Waals surface area contributed by atoms with Gasteiger partial charge in [-0.25, -0.2) is 12.7 Å². The van der Waals surface area contributed by atoms with Crippen LogP contribution in [0.15, 0.2) is 53.4 Å². The number of hydrogen-bond acceptors (Lipinski definition) is 5. The molecular weight excluding hydrogens is 368 g/mol. The maximum atomic E-state index is 12.5. The minimum absolute atomic E-state index is 0.0638. The molecule has 1 N–H and O–H groups in total. The molecule has 1 atom stereocenters. The van der Waals surface area contributed by atoms with Crippen LogP contribution >= 0.6 is 0 Å². The Kier molecular flexibility index (Phi) is 6.35. The van der Waals surface area contributed by atoms with E-state index in [-0.39, 0.29) is 16.9 Å². The van der Waals surface area contributed by atoms with Crippen LogP contribution < -0.4 is 10.4 Å². The second-order valence-corrected chi connectivity index (χ2v) is 8.48. The fourth-order valence-electron chi connectivity index (χ4n) is 2.45. The van der Waals surface area contributed by atoms with Crippen molar-refractivity contribution in [3.8, 4) is 0 Å². The van der Waals surface area contributed by atoms with Crippen LogP contribution in [0.1, 0.15) is 33.9 Å². The van der Waals surface area contributed by atoms with Gasteiger partial charge < -0.3 is 15.2 Å². The smallest absolute Gasteiger partial charge is 0.251 e. The van der Waals surface area contributed by atoms with Gasteiger partial charge in [-0.2, -0.15) is 0 Å². The fraction of sp³-hybridized carbons (Fsp3) is 0.263. The summed E-state index contributed by atoms with van der Waals surface area (Å²) in [6.45, 7) is 1.90. The molecule has 0 spiro atoms. The number of carboxylic acid groups (broad SMARTS) is 1. The highest BCUT2D eigenvalue weighted by atomic mass is 32.2. The molecular formula is C19H21N2O5S-. The van der Waals surface area contributed by atoms with Gasteiger partial charge in [0.25, 0.3) is 5.91 Å². The molecule has 0 aromatic heterocycles. The highest BCUT2D eigenvalue weighted by Crippen LogP contribution is 2.19. The molecule has 2 aromatic rings. The normalized spacial score (nSPS) is 12.6. The summed E-state index contributed by atoms with van der Waals surface area (Å²) in [5, 5.41) is 13.7. The van der Waals surface area contributed by atoms with Gasteiger partial charge in [0.1, 0.15) is 0 Å². The number of amides is 1. The quantitative estimate of drug-likeness (QED) is 0.756. The number of carbonyl (C=O) groups is 2. The standard InChI is InChI=1S/C19H22N2O5S/c1-13-4-6-14(7-5-13)17(12-18(22)23)20-19(24)15-8-10-16(11-9-15)27(25,26)21(2)3/h4-11,17H,12H2,1-3H3,(H,20,24)(H,22,23)/p-1/t17-/m0/s1. The molecule has 1 amide bonds. The largest absolute Gasteiger partial charge is 0.550 e. The predicted molar refractivity (Wildman–Crippen MR) is 98.3 cm³/mol. The molecule has 0 radical (unpaired) electrons. The number of rotatable bonds is 7. The third-order valence-electron chi connectivity index (χ3n) is 4.05. The van der Waals surface area contributed by atoms with Crippen molar-refractivity contribution in [1.29, 1.82) is 0 Å². The Morgan fingerprint density at radius 1 is 1.04 bits per heavy atom. The van der Waals surface area contributed by atoms with E-state index < -0.39 is 27.9 Å². The van der Waals surface area contributed by atoms with Crippen LogP contribution in [-0.4, -0.2) is 38.7 Å². The van der Waals surface area contributed by atoms with E-state index >= 15 is 0 Å². The van der Waals surface area contributed by atoms with E-state index in [9.17, 15) is 23.1 Å². The average Bonchev–Trinajstić information content (AvgIpc) is 2.61. The van der Waals surface area contributed by atoms with Gasteiger partial charge in [0.05, 0.1) is 10.9 Å². The summed E-state index contributed by atoms with van der Waals surface area (Å²) in [6.07, 6.45) is -0.373. The predicted octanol–water partition coefficient (Wildman–Crippen LogP) is 0.856. The number of sulfonamides is 1. The molecule has 0 fully saturated rings. The minimum atomic E-state index is -3.59. The van der Waals surface area contributed by atoms with Crippen molar-refractivity contribution in [3.05, 3.63) is 65.2 Å². The topological polar surface area (TPSA) is 107 Å². The van der Waals surface area contributed by atoms with Crippen LogP contribution in [0, 0.1) is 6.92 Å². The molecule has 144 valence electrons. The third kappa shape index (κ3) is 5.15. The van der Waals surface area contributed by atoms with E-state index in [4.69, 9.17) is 0 Å².